The lowest BCUT2D eigenvalue weighted by atomic mass is 10.1. The summed E-state index contributed by atoms with van der Waals surface area (Å²) in [6.45, 7) is 2.94. The number of aliphatic hydroxyl groups is 3. The Labute approximate surface area is 148 Å². The normalized spacial score (nSPS) is 14.7. The molecule has 0 spiro atoms. The van der Waals surface area contributed by atoms with Gasteiger partial charge in [0.25, 0.3) is 0 Å². The standard InChI is InChI=1S/C19H28O6/c1-2-3-4-5-9-24-18-13-25-17-11-15(6-7-16(17)19(18)22)23-10-8-14(21)12-20/h6-7,11,14,20-22H,2-5,8-10,12-13H2,1H3. The van der Waals surface area contributed by atoms with E-state index in [4.69, 9.17) is 19.3 Å². The molecule has 0 saturated heterocycles. The third kappa shape index (κ3) is 5.83. The highest BCUT2D eigenvalue weighted by Gasteiger charge is 2.21. The molecule has 1 aromatic rings. The van der Waals surface area contributed by atoms with Crippen LogP contribution in [0.15, 0.2) is 24.0 Å². The molecule has 1 heterocycles. The van der Waals surface area contributed by atoms with E-state index < -0.39 is 6.10 Å². The Kier molecular flexibility index (Phi) is 7.88. The van der Waals surface area contributed by atoms with Crippen LogP contribution < -0.4 is 9.47 Å². The zero-order valence-electron chi connectivity index (χ0n) is 14.7. The zero-order chi connectivity index (χ0) is 18.1. The second-order valence-corrected chi connectivity index (χ2v) is 6.10. The zero-order valence-corrected chi connectivity index (χ0v) is 14.7. The molecule has 0 bridgehead atoms. The van der Waals surface area contributed by atoms with Gasteiger partial charge in [0.2, 0.25) is 0 Å². The first-order valence-corrected chi connectivity index (χ1v) is 8.89. The van der Waals surface area contributed by atoms with Gasteiger partial charge >= 0.3 is 0 Å². The quantitative estimate of drug-likeness (QED) is 0.531. The van der Waals surface area contributed by atoms with Gasteiger partial charge in [-0.25, -0.2) is 0 Å². The number of fused-ring (bicyclic) bond motifs is 1. The van der Waals surface area contributed by atoms with Crippen LogP contribution in [0.5, 0.6) is 11.5 Å². The number of hydrogen-bond acceptors (Lipinski definition) is 6. The van der Waals surface area contributed by atoms with Crippen LogP contribution in [0.25, 0.3) is 5.76 Å². The molecule has 1 atom stereocenters. The van der Waals surface area contributed by atoms with E-state index in [-0.39, 0.29) is 25.6 Å². The molecule has 1 unspecified atom stereocenters. The topological polar surface area (TPSA) is 88.4 Å². The highest BCUT2D eigenvalue weighted by Crippen LogP contribution is 2.34. The first-order chi connectivity index (χ1) is 12.2. The van der Waals surface area contributed by atoms with Crippen LogP contribution in [0.4, 0.5) is 0 Å². The molecule has 1 aliphatic rings. The number of rotatable bonds is 11. The first-order valence-electron chi connectivity index (χ1n) is 8.89. The second kappa shape index (κ2) is 10.2. The fraction of sp³-hybridized carbons (Fsp3) is 0.579. The van der Waals surface area contributed by atoms with Gasteiger partial charge < -0.3 is 29.5 Å². The Morgan fingerprint density at radius 2 is 2.00 bits per heavy atom. The van der Waals surface area contributed by atoms with Crippen LogP contribution in [0.3, 0.4) is 0 Å². The van der Waals surface area contributed by atoms with E-state index in [2.05, 4.69) is 6.92 Å². The summed E-state index contributed by atoms with van der Waals surface area (Å²) in [7, 11) is 0. The van der Waals surface area contributed by atoms with Crippen molar-refractivity contribution >= 4 is 5.76 Å². The van der Waals surface area contributed by atoms with Crippen molar-refractivity contribution in [2.45, 2.75) is 45.1 Å². The summed E-state index contributed by atoms with van der Waals surface area (Å²) in [6, 6.07) is 5.16. The Bertz CT molecular complexity index is 569. The van der Waals surface area contributed by atoms with E-state index in [1.54, 1.807) is 18.2 Å². The maximum absolute atomic E-state index is 10.4. The Balaban J connectivity index is 1.91. The molecular formula is C19H28O6. The molecule has 140 valence electrons. The monoisotopic (exact) mass is 352 g/mol. The number of aliphatic hydroxyl groups excluding tert-OH is 3. The highest BCUT2D eigenvalue weighted by molar-refractivity contribution is 5.69. The van der Waals surface area contributed by atoms with Crippen LogP contribution in [0, 0.1) is 0 Å². The molecule has 0 saturated carbocycles. The van der Waals surface area contributed by atoms with Crippen molar-refractivity contribution in [1.29, 1.82) is 0 Å². The Morgan fingerprint density at radius 3 is 2.76 bits per heavy atom. The number of ether oxygens (including phenoxy) is 3. The molecule has 0 fully saturated rings. The second-order valence-electron chi connectivity index (χ2n) is 6.10. The molecule has 0 radical (unpaired) electrons. The fourth-order valence-corrected chi connectivity index (χ4v) is 2.51. The third-order valence-electron chi connectivity index (χ3n) is 4.04. The lowest BCUT2D eigenvalue weighted by molar-refractivity contribution is 0.0753. The van der Waals surface area contributed by atoms with Crippen molar-refractivity contribution in [3.8, 4) is 11.5 Å². The average molecular weight is 352 g/mol. The van der Waals surface area contributed by atoms with Crippen molar-refractivity contribution in [2.24, 2.45) is 0 Å². The lowest BCUT2D eigenvalue weighted by Crippen LogP contribution is -2.16. The molecule has 1 aromatic carbocycles. The van der Waals surface area contributed by atoms with Gasteiger partial charge in [-0.1, -0.05) is 26.2 Å². The van der Waals surface area contributed by atoms with Crippen molar-refractivity contribution < 1.29 is 29.5 Å². The molecule has 1 aliphatic heterocycles. The largest absolute Gasteiger partial charge is 0.504 e. The molecular weight excluding hydrogens is 324 g/mol. The summed E-state index contributed by atoms with van der Waals surface area (Å²) >= 11 is 0. The number of unbranched alkanes of at least 4 members (excludes halogenated alkanes) is 3. The molecule has 0 aromatic heterocycles. The summed E-state index contributed by atoms with van der Waals surface area (Å²) in [4.78, 5) is 0. The van der Waals surface area contributed by atoms with Crippen molar-refractivity contribution in [3.05, 3.63) is 29.5 Å². The molecule has 6 nitrogen and oxygen atoms in total. The van der Waals surface area contributed by atoms with Crippen LogP contribution >= 0.6 is 0 Å². The summed E-state index contributed by atoms with van der Waals surface area (Å²) < 4.78 is 16.8. The summed E-state index contributed by atoms with van der Waals surface area (Å²) in [5.74, 6) is 1.69. The van der Waals surface area contributed by atoms with Gasteiger partial charge in [-0.15, -0.1) is 0 Å². The van der Waals surface area contributed by atoms with Gasteiger partial charge in [0.1, 0.15) is 18.1 Å². The van der Waals surface area contributed by atoms with Gasteiger partial charge in [-0.2, -0.15) is 0 Å². The molecule has 6 heteroatoms. The first kappa shape index (κ1) is 19.4. The van der Waals surface area contributed by atoms with Gasteiger partial charge in [-0.05, 0) is 18.6 Å². The molecule has 2 rings (SSSR count). The smallest absolute Gasteiger partial charge is 0.176 e. The van der Waals surface area contributed by atoms with E-state index in [1.807, 2.05) is 0 Å². The minimum absolute atomic E-state index is 0.110. The van der Waals surface area contributed by atoms with E-state index in [0.717, 1.165) is 12.8 Å². The Hall–Kier alpha value is -1.92. The summed E-state index contributed by atoms with van der Waals surface area (Å²) in [6.07, 6.45) is 4.00. The van der Waals surface area contributed by atoms with E-state index in [1.165, 1.54) is 12.8 Å². The number of hydrogen-bond donors (Lipinski definition) is 3. The predicted octanol–water partition coefficient (Wildman–Crippen LogP) is 3.02. The van der Waals surface area contributed by atoms with Crippen molar-refractivity contribution in [2.75, 3.05) is 26.4 Å². The molecule has 3 N–H and O–H groups in total. The lowest BCUT2D eigenvalue weighted by Gasteiger charge is -2.21. The van der Waals surface area contributed by atoms with Gasteiger partial charge in [0, 0.05) is 12.5 Å². The molecule has 0 aliphatic carbocycles. The van der Waals surface area contributed by atoms with Crippen LogP contribution in [0.2, 0.25) is 0 Å². The van der Waals surface area contributed by atoms with E-state index in [0.29, 0.717) is 35.8 Å². The van der Waals surface area contributed by atoms with Crippen LogP contribution in [0.1, 0.15) is 44.6 Å². The van der Waals surface area contributed by atoms with E-state index in [9.17, 15) is 10.2 Å². The SMILES string of the molecule is CCCCCCOC1=C(O)c2ccc(OCCC(O)CO)cc2OC1. The summed E-state index contributed by atoms with van der Waals surface area (Å²) in [5, 5.41) is 28.4. The van der Waals surface area contributed by atoms with Crippen LogP contribution in [-0.4, -0.2) is 47.9 Å². The van der Waals surface area contributed by atoms with Gasteiger partial charge in [-0.3, -0.25) is 0 Å². The number of benzene rings is 1. The molecule has 0 amide bonds. The predicted molar refractivity (Wildman–Crippen MR) is 94.8 cm³/mol. The van der Waals surface area contributed by atoms with Crippen molar-refractivity contribution in [3.63, 3.8) is 0 Å². The van der Waals surface area contributed by atoms with E-state index >= 15 is 0 Å². The van der Waals surface area contributed by atoms with Crippen LogP contribution in [-0.2, 0) is 4.74 Å². The summed E-state index contributed by atoms with van der Waals surface area (Å²) in [5.41, 5.74) is 0.581. The minimum atomic E-state index is -0.780. The average Bonchev–Trinajstić information content (AvgIpc) is 2.63. The fourth-order valence-electron chi connectivity index (χ4n) is 2.51. The molecule has 25 heavy (non-hydrogen) atoms. The van der Waals surface area contributed by atoms with Crippen molar-refractivity contribution in [1.82, 2.24) is 0 Å². The minimum Gasteiger partial charge on any atom is -0.504 e. The highest BCUT2D eigenvalue weighted by atomic mass is 16.5. The third-order valence-corrected chi connectivity index (χ3v) is 4.04. The van der Waals surface area contributed by atoms with Gasteiger partial charge in [0.05, 0.1) is 31.5 Å². The van der Waals surface area contributed by atoms with Gasteiger partial charge in [0.15, 0.2) is 11.5 Å². The maximum atomic E-state index is 10.4. The Morgan fingerprint density at radius 1 is 1.16 bits per heavy atom. The maximum Gasteiger partial charge on any atom is 0.176 e.